The number of rotatable bonds is 6. The Labute approximate surface area is 203 Å². The Balaban J connectivity index is 1.22. The number of aromatic nitrogens is 1. The van der Waals surface area contributed by atoms with Gasteiger partial charge in [0.1, 0.15) is 0 Å². The van der Waals surface area contributed by atoms with Crippen molar-refractivity contribution < 1.29 is 9.59 Å². The van der Waals surface area contributed by atoms with E-state index in [0.29, 0.717) is 12.5 Å². The summed E-state index contributed by atoms with van der Waals surface area (Å²) in [6.07, 6.45) is 3.61. The van der Waals surface area contributed by atoms with Crippen LogP contribution in [0.3, 0.4) is 0 Å². The average Bonchev–Trinajstić information content (AvgIpc) is 3.28. The lowest BCUT2D eigenvalue weighted by Crippen LogP contribution is -2.46. The van der Waals surface area contributed by atoms with E-state index in [0.717, 1.165) is 83.3 Å². The molecule has 3 aromatic rings. The molecule has 1 saturated heterocycles. The summed E-state index contributed by atoms with van der Waals surface area (Å²) >= 11 is 3.69. The Hall–Kier alpha value is -2.44. The summed E-state index contributed by atoms with van der Waals surface area (Å²) in [6.45, 7) is 7.65. The third-order valence-corrected chi connectivity index (χ3v) is 7.92. The fourth-order valence-corrected chi connectivity index (χ4v) is 6.32. The van der Waals surface area contributed by atoms with Gasteiger partial charge in [0.15, 0.2) is 5.78 Å². The van der Waals surface area contributed by atoms with Crippen LogP contribution in [0.4, 0.5) is 5.69 Å². The molecule has 0 unspecified atom stereocenters. The third-order valence-electron chi connectivity index (χ3n) is 7.28. The molecule has 0 saturated carbocycles. The Kier molecular flexibility index (Phi) is 6.14. The molecule has 172 valence electrons. The minimum atomic E-state index is 0.120. The van der Waals surface area contributed by atoms with Crippen LogP contribution in [0.1, 0.15) is 47.8 Å². The summed E-state index contributed by atoms with van der Waals surface area (Å²) < 4.78 is 3.33. The summed E-state index contributed by atoms with van der Waals surface area (Å²) in [5.41, 5.74) is 5.28. The van der Waals surface area contributed by atoms with Crippen LogP contribution in [0.25, 0.3) is 10.9 Å². The van der Waals surface area contributed by atoms with Crippen molar-refractivity contribution in [2.45, 2.75) is 52.1 Å². The molecule has 1 amide bonds. The number of Topliss-reactive ketones (excluding diaryl/α,β-unsaturated/α-hetero) is 1. The van der Waals surface area contributed by atoms with Crippen molar-refractivity contribution in [3.05, 3.63) is 63.8 Å². The lowest BCUT2D eigenvalue weighted by Gasteiger charge is -2.37. The molecule has 0 atom stereocenters. The van der Waals surface area contributed by atoms with Gasteiger partial charge in [0, 0.05) is 52.5 Å². The van der Waals surface area contributed by atoms with E-state index in [1.165, 1.54) is 0 Å². The molecule has 2 aromatic carbocycles. The molecule has 0 radical (unpaired) electrons. The van der Waals surface area contributed by atoms with Gasteiger partial charge in [0.25, 0.3) is 0 Å². The van der Waals surface area contributed by atoms with Crippen molar-refractivity contribution in [3.63, 3.8) is 0 Å². The number of carbonyl (C=O) groups excluding carboxylic acids is 2. The molecular weight excluding hydrogens is 478 g/mol. The number of ketones is 1. The molecule has 1 fully saturated rings. The van der Waals surface area contributed by atoms with Crippen LogP contribution >= 0.6 is 15.9 Å². The fourth-order valence-electron chi connectivity index (χ4n) is 5.74. The van der Waals surface area contributed by atoms with E-state index in [9.17, 15) is 9.59 Å². The van der Waals surface area contributed by atoms with Crippen LogP contribution in [0.15, 0.2) is 46.9 Å². The second-order valence-electron chi connectivity index (χ2n) is 9.30. The van der Waals surface area contributed by atoms with Gasteiger partial charge in [0.2, 0.25) is 5.91 Å². The van der Waals surface area contributed by atoms with E-state index in [1.807, 2.05) is 30.3 Å². The standard InChI is InChI=1S/C27H30BrN3O2/c1-18-26(19(2)32)22-8-5-9-23(28)27(22)30(18)14-6-13-29-15-11-21(12-16-29)31-24-10-4-3-7-20(24)17-25(31)33/h3-5,7-10,21H,6,11-17H2,1-2H3. The number of nitrogens with zero attached hydrogens (tertiary/aromatic N) is 3. The van der Waals surface area contributed by atoms with Crippen LogP contribution in [-0.4, -0.2) is 46.8 Å². The number of anilines is 1. The number of para-hydroxylation sites is 2. The quantitative estimate of drug-likeness (QED) is 0.422. The number of amides is 1. The summed E-state index contributed by atoms with van der Waals surface area (Å²) in [6, 6.07) is 14.6. The van der Waals surface area contributed by atoms with Gasteiger partial charge < -0.3 is 14.4 Å². The Morgan fingerprint density at radius 1 is 1.06 bits per heavy atom. The highest BCUT2D eigenvalue weighted by Gasteiger charge is 2.34. The molecular formula is C27H30BrN3O2. The molecule has 33 heavy (non-hydrogen) atoms. The zero-order valence-electron chi connectivity index (χ0n) is 19.3. The molecule has 2 aliphatic heterocycles. The zero-order chi connectivity index (χ0) is 23.1. The van der Waals surface area contributed by atoms with E-state index < -0.39 is 0 Å². The number of hydrogen-bond donors (Lipinski definition) is 0. The Morgan fingerprint density at radius 3 is 2.58 bits per heavy atom. The van der Waals surface area contributed by atoms with E-state index in [2.05, 4.69) is 49.4 Å². The van der Waals surface area contributed by atoms with E-state index in [1.54, 1.807) is 6.92 Å². The van der Waals surface area contributed by atoms with Crippen LogP contribution in [0, 0.1) is 6.92 Å². The highest BCUT2D eigenvalue weighted by Crippen LogP contribution is 2.34. The first-order valence-corrected chi connectivity index (χ1v) is 12.7. The number of piperidine rings is 1. The number of carbonyl (C=O) groups is 2. The lowest BCUT2D eigenvalue weighted by atomic mass is 10.0. The van der Waals surface area contributed by atoms with E-state index >= 15 is 0 Å². The molecule has 6 heteroatoms. The maximum absolute atomic E-state index is 12.6. The normalized spacial score (nSPS) is 17.2. The van der Waals surface area contributed by atoms with Gasteiger partial charge in [-0.2, -0.15) is 0 Å². The highest BCUT2D eigenvalue weighted by molar-refractivity contribution is 9.10. The van der Waals surface area contributed by atoms with Crippen molar-refractivity contribution in [2.75, 3.05) is 24.5 Å². The first kappa shape index (κ1) is 22.4. The second kappa shape index (κ2) is 9.07. The largest absolute Gasteiger partial charge is 0.343 e. The molecule has 5 nitrogen and oxygen atoms in total. The summed E-state index contributed by atoms with van der Waals surface area (Å²) in [4.78, 5) is 29.5. The molecule has 0 N–H and O–H groups in total. The van der Waals surface area contributed by atoms with Crippen molar-refractivity contribution >= 4 is 44.2 Å². The summed E-state index contributed by atoms with van der Waals surface area (Å²) in [5.74, 6) is 0.367. The Morgan fingerprint density at radius 2 is 1.82 bits per heavy atom. The van der Waals surface area contributed by atoms with Gasteiger partial charge in [-0.15, -0.1) is 0 Å². The van der Waals surface area contributed by atoms with Gasteiger partial charge in [-0.05, 0) is 73.3 Å². The zero-order valence-corrected chi connectivity index (χ0v) is 20.9. The number of aryl methyl sites for hydroxylation is 1. The number of fused-ring (bicyclic) bond motifs is 2. The minimum absolute atomic E-state index is 0.120. The monoisotopic (exact) mass is 507 g/mol. The van der Waals surface area contributed by atoms with E-state index in [4.69, 9.17) is 0 Å². The second-order valence-corrected chi connectivity index (χ2v) is 10.2. The maximum atomic E-state index is 12.6. The molecule has 0 bridgehead atoms. The Bertz CT molecular complexity index is 1220. The molecule has 5 rings (SSSR count). The number of benzene rings is 2. The predicted octanol–water partition coefficient (Wildman–Crippen LogP) is 5.36. The van der Waals surface area contributed by atoms with Gasteiger partial charge in [-0.1, -0.05) is 30.3 Å². The molecule has 0 aliphatic carbocycles. The van der Waals surface area contributed by atoms with Crippen LogP contribution < -0.4 is 4.90 Å². The number of hydrogen-bond acceptors (Lipinski definition) is 3. The van der Waals surface area contributed by atoms with Crippen molar-refractivity contribution in [1.82, 2.24) is 9.47 Å². The predicted molar refractivity (Wildman–Crippen MR) is 136 cm³/mol. The van der Waals surface area contributed by atoms with Crippen LogP contribution in [0.2, 0.25) is 0 Å². The van der Waals surface area contributed by atoms with Crippen LogP contribution in [0.5, 0.6) is 0 Å². The van der Waals surface area contributed by atoms with Gasteiger partial charge in [-0.25, -0.2) is 0 Å². The topological polar surface area (TPSA) is 45.6 Å². The average molecular weight is 508 g/mol. The smallest absolute Gasteiger partial charge is 0.231 e. The summed E-state index contributed by atoms with van der Waals surface area (Å²) in [5, 5.41) is 1.03. The lowest BCUT2D eigenvalue weighted by molar-refractivity contribution is -0.118. The SMILES string of the molecule is CC(=O)c1c(C)n(CCCN2CCC(N3C(=O)Cc4ccccc43)CC2)c2c(Br)cccc12. The van der Waals surface area contributed by atoms with Crippen molar-refractivity contribution in [1.29, 1.82) is 0 Å². The first-order valence-electron chi connectivity index (χ1n) is 11.9. The van der Waals surface area contributed by atoms with Crippen molar-refractivity contribution in [3.8, 4) is 0 Å². The third kappa shape index (κ3) is 4.04. The number of halogens is 1. The summed E-state index contributed by atoms with van der Waals surface area (Å²) in [7, 11) is 0. The van der Waals surface area contributed by atoms with Crippen LogP contribution in [-0.2, 0) is 17.8 Å². The molecule has 2 aliphatic rings. The molecule has 3 heterocycles. The van der Waals surface area contributed by atoms with Crippen molar-refractivity contribution in [2.24, 2.45) is 0 Å². The molecule has 0 spiro atoms. The first-order chi connectivity index (χ1) is 16.0. The van der Waals surface area contributed by atoms with Gasteiger partial charge >= 0.3 is 0 Å². The fraction of sp³-hybridized carbons (Fsp3) is 0.407. The van der Waals surface area contributed by atoms with E-state index in [-0.39, 0.29) is 11.7 Å². The molecule has 1 aromatic heterocycles. The minimum Gasteiger partial charge on any atom is -0.343 e. The number of likely N-dealkylation sites (tertiary alicyclic amines) is 1. The maximum Gasteiger partial charge on any atom is 0.231 e. The highest BCUT2D eigenvalue weighted by atomic mass is 79.9. The van der Waals surface area contributed by atoms with Gasteiger partial charge in [-0.3, -0.25) is 9.59 Å². The van der Waals surface area contributed by atoms with Gasteiger partial charge in [0.05, 0.1) is 11.9 Å².